The first-order valence-corrected chi connectivity index (χ1v) is 8.13. The third-order valence-corrected chi connectivity index (χ3v) is 3.62. The molecule has 0 N–H and O–H groups in total. The molecule has 0 unspecified atom stereocenters. The number of hydrogen-bond donors (Lipinski definition) is 0. The number of methoxy groups -OCH3 is 2. The van der Waals surface area contributed by atoms with Crippen LogP contribution in [0.25, 0.3) is 0 Å². The summed E-state index contributed by atoms with van der Waals surface area (Å²) in [4.78, 5) is 35.1. The monoisotopic (exact) mass is 372 g/mol. The van der Waals surface area contributed by atoms with E-state index in [9.17, 15) is 14.4 Å². The fourth-order valence-corrected chi connectivity index (χ4v) is 2.35. The number of ether oxygens (including phenoxy) is 4. The predicted octanol–water partition coefficient (Wildman–Crippen LogP) is 2.92. The molecule has 0 saturated heterocycles. The highest BCUT2D eigenvalue weighted by atomic mass is 16.5. The van der Waals surface area contributed by atoms with Crippen LogP contribution in [0, 0.1) is 0 Å². The Morgan fingerprint density at radius 1 is 0.815 bits per heavy atom. The predicted molar refractivity (Wildman–Crippen MR) is 96.6 cm³/mol. The van der Waals surface area contributed by atoms with Gasteiger partial charge in [-0.05, 0) is 37.3 Å². The number of para-hydroxylation sites is 1. The summed E-state index contributed by atoms with van der Waals surface area (Å²) in [6.07, 6.45) is 0. The minimum absolute atomic E-state index is 0.0972. The highest BCUT2D eigenvalue weighted by molar-refractivity contribution is 5.97. The summed E-state index contributed by atoms with van der Waals surface area (Å²) < 4.78 is 20.5. The second-order valence-electron chi connectivity index (χ2n) is 5.48. The molecule has 7 nitrogen and oxygen atoms in total. The van der Waals surface area contributed by atoms with Crippen LogP contribution in [0.2, 0.25) is 0 Å². The van der Waals surface area contributed by atoms with Gasteiger partial charge in [-0.3, -0.25) is 4.79 Å². The Bertz CT molecular complexity index is 808. The molecular weight excluding hydrogens is 352 g/mol. The van der Waals surface area contributed by atoms with Gasteiger partial charge in [-0.1, -0.05) is 12.1 Å². The Hall–Kier alpha value is -3.35. The van der Waals surface area contributed by atoms with Gasteiger partial charge in [0.1, 0.15) is 24.7 Å². The van der Waals surface area contributed by atoms with E-state index in [4.69, 9.17) is 9.47 Å². The number of carbonyl (C=O) groups is 3. The fraction of sp³-hybridized carbons (Fsp3) is 0.250. The zero-order chi connectivity index (χ0) is 19.8. The van der Waals surface area contributed by atoms with Crippen molar-refractivity contribution in [1.29, 1.82) is 0 Å². The minimum atomic E-state index is -0.600. The number of rotatable bonds is 8. The summed E-state index contributed by atoms with van der Waals surface area (Å²) in [6.45, 7) is 1.77. The SMILES string of the molecule is COC(=O)c1cc(OCCOc2ccccc2C(C)=O)cc(C(=O)OC)c1. The van der Waals surface area contributed by atoms with E-state index in [1.54, 1.807) is 24.3 Å². The Morgan fingerprint density at radius 2 is 1.37 bits per heavy atom. The summed E-state index contributed by atoms with van der Waals surface area (Å²) in [6, 6.07) is 11.2. The van der Waals surface area contributed by atoms with Crippen molar-refractivity contribution in [2.24, 2.45) is 0 Å². The van der Waals surface area contributed by atoms with Crippen LogP contribution in [0.1, 0.15) is 38.0 Å². The van der Waals surface area contributed by atoms with Crippen LogP contribution in [0.3, 0.4) is 0 Å². The van der Waals surface area contributed by atoms with E-state index in [0.29, 0.717) is 17.1 Å². The molecule has 0 fully saturated rings. The number of ketones is 1. The summed E-state index contributed by atoms with van der Waals surface area (Å²) in [7, 11) is 2.49. The lowest BCUT2D eigenvalue weighted by atomic mass is 10.1. The molecule has 142 valence electrons. The Balaban J connectivity index is 2.06. The molecule has 0 amide bonds. The molecule has 27 heavy (non-hydrogen) atoms. The van der Waals surface area contributed by atoms with Gasteiger partial charge in [0.25, 0.3) is 0 Å². The van der Waals surface area contributed by atoms with Crippen molar-refractivity contribution in [2.75, 3.05) is 27.4 Å². The van der Waals surface area contributed by atoms with Gasteiger partial charge in [0, 0.05) is 0 Å². The zero-order valence-electron chi connectivity index (χ0n) is 15.3. The number of hydrogen-bond acceptors (Lipinski definition) is 7. The van der Waals surface area contributed by atoms with E-state index in [1.807, 2.05) is 0 Å². The highest BCUT2D eigenvalue weighted by Gasteiger charge is 2.14. The molecule has 2 rings (SSSR count). The third-order valence-electron chi connectivity index (χ3n) is 3.62. The van der Waals surface area contributed by atoms with Crippen molar-refractivity contribution in [3.05, 3.63) is 59.2 Å². The maximum Gasteiger partial charge on any atom is 0.338 e. The molecule has 2 aromatic rings. The molecule has 0 spiro atoms. The van der Waals surface area contributed by atoms with E-state index in [0.717, 1.165) is 0 Å². The van der Waals surface area contributed by atoms with Crippen molar-refractivity contribution >= 4 is 17.7 Å². The van der Waals surface area contributed by atoms with E-state index in [-0.39, 0.29) is 30.1 Å². The smallest absolute Gasteiger partial charge is 0.338 e. The van der Waals surface area contributed by atoms with Crippen molar-refractivity contribution in [3.63, 3.8) is 0 Å². The first-order chi connectivity index (χ1) is 13.0. The van der Waals surface area contributed by atoms with Crippen molar-refractivity contribution < 1.29 is 33.3 Å². The van der Waals surface area contributed by atoms with Crippen LogP contribution in [0.4, 0.5) is 0 Å². The molecule has 0 bridgehead atoms. The fourth-order valence-electron chi connectivity index (χ4n) is 2.35. The van der Waals surface area contributed by atoms with Gasteiger partial charge in [0.2, 0.25) is 0 Å². The lowest BCUT2D eigenvalue weighted by Crippen LogP contribution is -2.12. The standard InChI is InChI=1S/C20H20O7/c1-13(21)17-6-4-5-7-18(17)27-9-8-26-16-11-14(19(22)24-2)10-15(12-16)20(23)25-3/h4-7,10-12H,8-9H2,1-3H3. The normalized spacial score (nSPS) is 10.0. The molecule has 0 radical (unpaired) electrons. The first kappa shape index (κ1) is 20.0. The van der Waals surface area contributed by atoms with Gasteiger partial charge in [0.05, 0.1) is 30.9 Å². The van der Waals surface area contributed by atoms with Gasteiger partial charge in [-0.25, -0.2) is 9.59 Å². The van der Waals surface area contributed by atoms with Crippen molar-refractivity contribution in [3.8, 4) is 11.5 Å². The molecule has 0 aliphatic heterocycles. The van der Waals surface area contributed by atoms with Gasteiger partial charge >= 0.3 is 11.9 Å². The Kier molecular flexibility index (Phi) is 6.93. The van der Waals surface area contributed by atoms with E-state index >= 15 is 0 Å². The minimum Gasteiger partial charge on any atom is -0.490 e. The van der Waals surface area contributed by atoms with Crippen LogP contribution in [-0.4, -0.2) is 45.2 Å². The lowest BCUT2D eigenvalue weighted by molar-refractivity contribution is 0.0598. The molecule has 7 heteroatoms. The van der Waals surface area contributed by atoms with Gasteiger partial charge in [-0.2, -0.15) is 0 Å². The zero-order valence-corrected chi connectivity index (χ0v) is 15.3. The lowest BCUT2D eigenvalue weighted by Gasteiger charge is -2.12. The highest BCUT2D eigenvalue weighted by Crippen LogP contribution is 2.20. The number of esters is 2. The molecule has 2 aromatic carbocycles. The van der Waals surface area contributed by atoms with Crippen molar-refractivity contribution in [2.45, 2.75) is 6.92 Å². The molecule has 0 saturated carbocycles. The quantitative estimate of drug-likeness (QED) is 0.400. The molecule has 0 atom stereocenters. The molecule has 0 heterocycles. The molecule has 0 aromatic heterocycles. The van der Waals surface area contributed by atoms with E-state index < -0.39 is 11.9 Å². The number of Topliss-reactive ketones (excluding diaryl/α,β-unsaturated/α-hetero) is 1. The average molecular weight is 372 g/mol. The number of carbonyl (C=O) groups excluding carboxylic acids is 3. The van der Waals surface area contributed by atoms with Crippen LogP contribution >= 0.6 is 0 Å². The molecule has 0 aliphatic rings. The summed E-state index contributed by atoms with van der Waals surface area (Å²) in [5.74, 6) is -0.539. The van der Waals surface area contributed by atoms with Crippen LogP contribution in [0.15, 0.2) is 42.5 Å². The average Bonchev–Trinajstić information content (AvgIpc) is 2.69. The maximum absolute atomic E-state index is 11.8. The summed E-state index contributed by atoms with van der Waals surface area (Å²) in [5, 5.41) is 0. The van der Waals surface area contributed by atoms with E-state index in [2.05, 4.69) is 9.47 Å². The maximum atomic E-state index is 11.8. The second kappa shape index (κ2) is 9.38. The summed E-state index contributed by atoms with van der Waals surface area (Å²) >= 11 is 0. The molecule has 0 aliphatic carbocycles. The van der Waals surface area contributed by atoms with Gasteiger partial charge in [-0.15, -0.1) is 0 Å². The number of benzene rings is 2. The van der Waals surface area contributed by atoms with Gasteiger partial charge < -0.3 is 18.9 Å². The summed E-state index contributed by atoms with van der Waals surface area (Å²) in [5.41, 5.74) is 0.814. The topological polar surface area (TPSA) is 88.1 Å². The Morgan fingerprint density at radius 3 is 1.93 bits per heavy atom. The first-order valence-electron chi connectivity index (χ1n) is 8.13. The van der Waals surface area contributed by atoms with E-state index in [1.165, 1.54) is 39.3 Å². The van der Waals surface area contributed by atoms with Crippen LogP contribution in [0.5, 0.6) is 11.5 Å². The third kappa shape index (κ3) is 5.31. The largest absolute Gasteiger partial charge is 0.490 e. The molecular formula is C20H20O7. The second-order valence-corrected chi connectivity index (χ2v) is 5.48. The van der Waals surface area contributed by atoms with Crippen LogP contribution in [-0.2, 0) is 9.47 Å². The van der Waals surface area contributed by atoms with Crippen molar-refractivity contribution in [1.82, 2.24) is 0 Å². The Labute approximate surface area is 156 Å². The van der Waals surface area contributed by atoms with Gasteiger partial charge in [0.15, 0.2) is 5.78 Å². The van der Waals surface area contributed by atoms with Crippen LogP contribution < -0.4 is 9.47 Å².